The number of piperidine rings is 1. The van der Waals surface area contributed by atoms with Gasteiger partial charge in [-0.25, -0.2) is 9.97 Å². The van der Waals surface area contributed by atoms with E-state index in [1.807, 2.05) is 12.1 Å². The largest absolute Gasteiger partial charge is 0.371 e. The van der Waals surface area contributed by atoms with Crippen LogP contribution in [0.25, 0.3) is 22.7 Å². The molecule has 1 saturated heterocycles. The van der Waals surface area contributed by atoms with Crippen molar-refractivity contribution in [3.05, 3.63) is 87.4 Å². The van der Waals surface area contributed by atoms with Crippen LogP contribution in [0.3, 0.4) is 0 Å². The number of anilines is 3. The Bertz CT molecular complexity index is 1490. The molecule has 1 N–H and O–H groups in total. The first-order valence-corrected chi connectivity index (χ1v) is 12.9. The summed E-state index contributed by atoms with van der Waals surface area (Å²) in [5.74, 6) is 0.392. The molecule has 0 spiro atoms. The maximum Gasteiger partial charge on any atom is 0.266 e. The summed E-state index contributed by atoms with van der Waals surface area (Å²) in [6.45, 7) is 6.00. The number of hydrogen-bond acceptors (Lipinski definition) is 6. The van der Waals surface area contributed by atoms with Gasteiger partial charge in [0.1, 0.15) is 0 Å². The SMILES string of the molecule is C=Cc1cn(-c2c(Cl)cccc2Cl)c(=O)c2cnc(Nc3ccc(N4CCC(N(C)C)CC4)cc3)nc12. The molecule has 9 heteroatoms. The normalized spacial score (nSPS) is 14.4. The smallest absolute Gasteiger partial charge is 0.266 e. The van der Waals surface area contributed by atoms with Crippen LogP contribution in [-0.4, -0.2) is 52.7 Å². The van der Waals surface area contributed by atoms with Gasteiger partial charge in [-0.15, -0.1) is 0 Å². The lowest BCUT2D eigenvalue weighted by molar-refractivity contribution is 0.249. The average molecular weight is 535 g/mol. The molecule has 2 aromatic heterocycles. The fourth-order valence-corrected chi connectivity index (χ4v) is 5.35. The van der Waals surface area contributed by atoms with Crippen molar-refractivity contribution in [2.45, 2.75) is 18.9 Å². The molecule has 0 radical (unpaired) electrons. The highest BCUT2D eigenvalue weighted by molar-refractivity contribution is 6.37. The molecule has 0 amide bonds. The Morgan fingerprint density at radius 3 is 2.38 bits per heavy atom. The topological polar surface area (TPSA) is 66.3 Å². The summed E-state index contributed by atoms with van der Waals surface area (Å²) in [6.07, 6.45) is 7.14. The van der Waals surface area contributed by atoms with Gasteiger partial charge in [0.05, 0.1) is 26.6 Å². The van der Waals surface area contributed by atoms with Gasteiger partial charge in [0.2, 0.25) is 5.95 Å². The van der Waals surface area contributed by atoms with Gasteiger partial charge in [0, 0.05) is 48.5 Å². The lowest BCUT2D eigenvalue weighted by atomic mass is 10.0. The summed E-state index contributed by atoms with van der Waals surface area (Å²) in [4.78, 5) is 27.1. The Hall–Kier alpha value is -3.39. The van der Waals surface area contributed by atoms with Crippen molar-refractivity contribution in [3.63, 3.8) is 0 Å². The van der Waals surface area contributed by atoms with E-state index in [0.29, 0.717) is 44.2 Å². The zero-order chi connectivity index (χ0) is 26.1. The first-order chi connectivity index (χ1) is 17.9. The molecule has 1 aliphatic heterocycles. The van der Waals surface area contributed by atoms with Crippen LogP contribution in [0.4, 0.5) is 17.3 Å². The first-order valence-electron chi connectivity index (χ1n) is 12.1. The van der Waals surface area contributed by atoms with E-state index in [1.54, 1.807) is 30.5 Å². The molecule has 3 heterocycles. The number of benzene rings is 2. The van der Waals surface area contributed by atoms with Gasteiger partial charge < -0.3 is 15.1 Å². The van der Waals surface area contributed by atoms with Gasteiger partial charge in [-0.1, -0.05) is 41.9 Å². The van der Waals surface area contributed by atoms with Crippen molar-refractivity contribution in [1.29, 1.82) is 0 Å². The summed E-state index contributed by atoms with van der Waals surface area (Å²) in [7, 11) is 4.30. The minimum absolute atomic E-state index is 0.315. The molecule has 0 saturated carbocycles. The Morgan fingerprint density at radius 2 is 1.76 bits per heavy atom. The van der Waals surface area contributed by atoms with Crippen LogP contribution in [-0.2, 0) is 0 Å². The lowest BCUT2D eigenvalue weighted by Gasteiger charge is -2.36. The van der Waals surface area contributed by atoms with Gasteiger partial charge in [-0.05, 0) is 63.3 Å². The Labute approximate surface area is 226 Å². The van der Waals surface area contributed by atoms with Crippen molar-refractivity contribution >= 4 is 57.5 Å². The van der Waals surface area contributed by atoms with E-state index in [9.17, 15) is 4.79 Å². The molecule has 7 nitrogen and oxygen atoms in total. The van der Waals surface area contributed by atoms with Crippen molar-refractivity contribution in [2.24, 2.45) is 0 Å². The summed E-state index contributed by atoms with van der Waals surface area (Å²) in [5, 5.41) is 4.33. The zero-order valence-corrected chi connectivity index (χ0v) is 22.3. The van der Waals surface area contributed by atoms with Crippen molar-refractivity contribution in [2.75, 3.05) is 37.4 Å². The molecule has 1 aliphatic rings. The molecule has 4 aromatic rings. The highest BCUT2D eigenvalue weighted by Crippen LogP contribution is 2.29. The van der Waals surface area contributed by atoms with Crippen molar-refractivity contribution < 1.29 is 0 Å². The van der Waals surface area contributed by atoms with E-state index in [-0.39, 0.29) is 5.56 Å². The van der Waals surface area contributed by atoms with Gasteiger partial charge in [-0.2, -0.15) is 0 Å². The number of rotatable bonds is 6. The van der Waals surface area contributed by atoms with Crippen LogP contribution in [0.2, 0.25) is 10.0 Å². The van der Waals surface area contributed by atoms with Gasteiger partial charge in [0.25, 0.3) is 5.56 Å². The lowest BCUT2D eigenvalue weighted by Crippen LogP contribution is -2.41. The van der Waals surface area contributed by atoms with E-state index in [2.05, 4.69) is 57.9 Å². The Morgan fingerprint density at radius 1 is 1.08 bits per heavy atom. The molecular formula is C28H28Cl2N6O. The molecule has 2 aromatic carbocycles. The van der Waals surface area contributed by atoms with Crippen LogP contribution in [0.5, 0.6) is 0 Å². The van der Waals surface area contributed by atoms with Gasteiger partial charge in [-0.3, -0.25) is 9.36 Å². The third kappa shape index (κ3) is 5.07. The number of para-hydroxylation sites is 1. The molecule has 190 valence electrons. The predicted molar refractivity (Wildman–Crippen MR) is 154 cm³/mol. The van der Waals surface area contributed by atoms with Crippen LogP contribution >= 0.6 is 23.2 Å². The number of fused-ring (bicyclic) bond motifs is 1. The molecule has 1 fully saturated rings. The second kappa shape index (κ2) is 10.5. The minimum Gasteiger partial charge on any atom is -0.371 e. The number of nitrogens with one attached hydrogen (secondary N) is 1. The van der Waals surface area contributed by atoms with Gasteiger partial charge >= 0.3 is 0 Å². The maximum atomic E-state index is 13.3. The number of halogens is 2. The Kier molecular flexibility index (Phi) is 7.20. The van der Waals surface area contributed by atoms with E-state index < -0.39 is 0 Å². The average Bonchev–Trinajstić information content (AvgIpc) is 2.90. The van der Waals surface area contributed by atoms with E-state index in [1.165, 1.54) is 16.5 Å². The molecule has 0 aliphatic carbocycles. The maximum absolute atomic E-state index is 13.3. The molecular weight excluding hydrogens is 507 g/mol. The standard InChI is InChI=1S/C28H28Cl2N6O/c1-4-18-17-36(26-23(29)6-5-7-24(26)30)27(37)22-16-31-28(33-25(18)22)32-19-8-10-21(11-9-19)35-14-12-20(13-15-35)34(2)3/h4-11,16-17,20H,1,12-15H2,2-3H3,(H,31,32,33). The van der Waals surface area contributed by atoms with E-state index >= 15 is 0 Å². The summed E-state index contributed by atoms with van der Waals surface area (Å²) >= 11 is 12.7. The van der Waals surface area contributed by atoms with Crippen LogP contribution in [0.15, 0.2) is 66.2 Å². The number of aromatic nitrogens is 3. The summed E-state index contributed by atoms with van der Waals surface area (Å²) in [5.41, 5.74) is 3.32. The monoisotopic (exact) mass is 534 g/mol. The number of nitrogens with zero attached hydrogens (tertiary/aromatic N) is 5. The van der Waals surface area contributed by atoms with Gasteiger partial charge in [0.15, 0.2) is 0 Å². The fraction of sp³-hybridized carbons (Fsp3) is 0.250. The summed E-state index contributed by atoms with van der Waals surface area (Å²) in [6, 6.07) is 14.0. The zero-order valence-electron chi connectivity index (χ0n) is 20.8. The highest BCUT2D eigenvalue weighted by Gasteiger charge is 2.21. The molecule has 0 atom stereocenters. The third-order valence-corrected chi connectivity index (χ3v) is 7.47. The molecule has 5 rings (SSSR count). The molecule has 0 unspecified atom stereocenters. The quantitative estimate of drug-likeness (QED) is 0.327. The molecule has 0 bridgehead atoms. The summed E-state index contributed by atoms with van der Waals surface area (Å²) < 4.78 is 1.42. The van der Waals surface area contributed by atoms with E-state index in [4.69, 9.17) is 23.2 Å². The van der Waals surface area contributed by atoms with Crippen LogP contribution in [0.1, 0.15) is 18.4 Å². The van der Waals surface area contributed by atoms with Crippen molar-refractivity contribution in [3.8, 4) is 5.69 Å². The fourth-order valence-electron chi connectivity index (χ4n) is 4.77. The van der Waals surface area contributed by atoms with E-state index in [0.717, 1.165) is 31.6 Å². The first kappa shape index (κ1) is 25.3. The predicted octanol–water partition coefficient (Wildman–Crippen LogP) is 6.00. The van der Waals surface area contributed by atoms with Crippen LogP contribution in [0, 0.1) is 0 Å². The second-order valence-corrected chi connectivity index (χ2v) is 10.2. The molecule has 37 heavy (non-hydrogen) atoms. The Balaban J connectivity index is 1.40. The minimum atomic E-state index is -0.315. The number of hydrogen-bond donors (Lipinski definition) is 1. The second-order valence-electron chi connectivity index (χ2n) is 9.34. The van der Waals surface area contributed by atoms with Crippen molar-refractivity contribution in [1.82, 2.24) is 19.4 Å². The van der Waals surface area contributed by atoms with Crippen LogP contribution < -0.4 is 15.8 Å². The third-order valence-electron chi connectivity index (χ3n) is 6.86. The highest BCUT2D eigenvalue weighted by atomic mass is 35.5. The number of pyridine rings is 1.